The summed E-state index contributed by atoms with van der Waals surface area (Å²) in [6.45, 7) is 7.62. The summed E-state index contributed by atoms with van der Waals surface area (Å²) in [7, 11) is 2.18. The van der Waals surface area contributed by atoms with Gasteiger partial charge in [0.05, 0.1) is 6.54 Å². The van der Waals surface area contributed by atoms with Crippen LogP contribution in [-0.4, -0.2) is 62.0 Å². The lowest BCUT2D eigenvalue weighted by Gasteiger charge is -2.32. The molecule has 132 valence electrons. The first-order valence-corrected chi connectivity index (χ1v) is 9.15. The van der Waals surface area contributed by atoms with Crippen LogP contribution in [0.2, 0.25) is 0 Å². The van der Waals surface area contributed by atoms with Gasteiger partial charge >= 0.3 is 0 Å². The van der Waals surface area contributed by atoms with Crippen molar-refractivity contribution in [1.29, 1.82) is 0 Å². The molecular formula is C19H30N4O. The Kier molecular flexibility index (Phi) is 6.24. The van der Waals surface area contributed by atoms with Gasteiger partial charge in [0, 0.05) is 39.3 Å². The molecule has 5 nitrogen and oxygen atoms in total. The number of benzene rings is 1. The summed E-state index contributed by atoms with van der Waals surface area (Å²) in [5.74, 6) is 0.891. The van der Waals surface area contributed by atoms with E-state index in [1.165, 1.54) is 18.4 Å². The summed E-state index contributed by atoms with van der Waals surface area (Å²) in [5.41, 5.74) is 2.51. The smallest absolute Gasteiger partial charge is 0.234 e. The molecule has 1 aliphatic heterocycles. The Balaban J connectivity index is 1.35. The number of piperazine rings is 1. The molecule has 2 fully saturated rings. The highest BCUT2D eigenvalue weighted by Crippen LogP contribution is 2.27. The molecular weight excluding hydrogens is 300 g/mol. The highest BCUT2D eigenvalue weighted by Gasteiger charge is 2.20. The highest BCUT2D eigenvalue weighted by atomic mass is 16.1. The summed E-state index contributed by atoms with van der Waals surface area (Å²) in [6.07, 6.45) is 2.63. The number of rotatable bonds is 8. The molecule has 2 aliphatic rings. The number of hydrogen-bond acceptors (Lipinski definition) is 4. The normalized spacial score (nSPS) is 19.4. The van der Waals surface area contributed by atoms with Crippen molar-refractivity contribution < 1.29 is 4.79 Å². The Bertz CT molecular complexity index is 519. The van der Waals surface area contributed by atoms with Crippen molar-refractivity contribution in [3.05, 3.63) is 35.4 Å². The summed E-state index contributed by atoms with van der Waals surface area (Å²) < 4.78 is 0. The zero-order valence-corrected chi connectivity index (χ0v) is 14.8. The second-order valence-electron chi connectivity index (χ2n) is 7.25. The van der Waals surface area contributed by atoms with E-state index in [1.807, 2.05) is 0 Å². The fourth-order valence-electron chi connectivity index (χ4n) is 3.00. The minimum absolute atomic E-state index is 0.0807. The summed E-state index contributed by atoms with van der Waals surface area (Å²) in [6, 6.07) is 8.63. The quantitative estimate of drug-likeness (QED) is 0.748. The van der Waals surface area contributed by atoms with Gasteiger partial charge in [-0.05, 0) is 43.5 Å². The molecule has 3 rings (SSSR count). The maximum atomic E-state index is 11.8. The van der Waals surface area contributed by atoms with E-state index >= 15 is 0 Å². The fraction of sp³-hybridized carbons (Fsp3) is 0.632. The molecule has 0 spiro atoms. The molecule has 0 unspecified atom stereocenters. The number of carbonyl (C=O) groups is 1. The van der Waals surface area contributed by atoms with E-state index in [0.29, 0.717) is 13.1 Å². The van der Waals surface area contributed by atoms with Crippen LogP contribution in [0.3, 0.4) is 0 Å². The predicted molar refractivity (Wildman–Crippen MR) is 96.7 cm³/mol. The molecule has 24 heavy (non-hydrogen) atoms. The predicted octanol–water partition coefficient (Wildman–Crippen LogP) is 1.05. The molecule has 1 heterocycles. The molecule has 0 atom stereocenters. The van der Waals surface area contributed by atoms with E-state index in [4.69, 9.17) is 0 Å². The van der Waals surface area contributed by atoms with E-state index in [-0.39, 0.29) is 5.91 Å². The van der Waals surface area contributed by atoms with Crippen molar-refractivity contribution in [2.75, 3.05) is 46.3 Å². The van der Waals surface area contributed by atoms with E-state index in [9.17, 15) is 4.79 Å². The highest BCUT2D eigenvalue weighted by molar-refractivity contribution is 5.77. The zero-order valence-electron chi connectivity index (χ0n) is 14.8. The SMILES string of the molecule is CN1CCN(Cc2ccc(CNC(=O)CNCC3CC3)cc2)CC1. The Hall–Kier alpha value is -1.43. The van der Waals surface area contributed by atoms with Crippen molar-refractivity contribution in [2.45, 2.75) is 25.9 Å². The topological polar surface area (TPSA) is 47.6 Å². The van der Waals surface area contributed by atoms with Gasteiger partial charge in [0.15, 0.2) is 0 Å². The minimum atomic E-state index is 0.0807. The second kappa shape index (κ2) is 8.60. The van der Waals surface area contributed by atoms with Gasteiger partial charge in [-0.25, -0.2) is 0 Å². The van der Waals surface area contributed by atoms with Crippen LogP contribution in [0.15, 0.2) is 24.3 Å². The maximum Gasteiger partial charge on any atom is 0.234 e. The Labute approximate surface area is 145 Å². The van der Waals surface area contributed by atoms with Crippen molar-refractivity contribution >= 4 is 5.91 Å². The van der Waals surface area contributed by atoms with Crippen LogP contribution in [0.4, 0.5) is 0 Å². The Morgan fingerprint density at radius 2 is 1.75 bits per heavy atom. The first-order chi connectivity index (χ1) is 11.7. The molecule has 2 N–H and O–H groups in total. The standard InChI is InChI=1S/C19H30N4O/c1-22-8-10-23(11-9-22)15-18-6-4-17(5-7-18)13-21-19(24)14-20-12-16-2-3-16/h4-7,16,20H,2-3,8-15H2,1H3,(H,21,24). The van der Waals surface area contributed by atoms with Gasteiger partial charge in [-0.3, -0.25) is 9.69 Å². The number of nitrogens with zero attached hydrogens (tertiary/aromatic N) is 2. The molecule has 1 aliphatic carbocycles. The van der Waals surface area contributed by atoms with Gasteiger partial charge < -0.3 is 15.5 Å². The van der Waals surface area contributed by atoms with E-state index in [1.54, 1.807) is 0 Å². The molecule has 5 heteroatoms. The molecule has 1 aromatic rings. The summed E-state index contributed by atoms with van der Waals surface area (Å²) in [5, 5.41) is 6.20. The Morgan fingerprint density at radius 3 is 2.42 bits per heavy atom. The molecule has 1 saturated carbocycles. The van der Waals surface area contributed by atoms with Crippen LogP contribution in [0.1, 0.15) is 24.0 Å². The number of nitrogens with one attached hydrogen (secondary N) is 2. The van der Waals surface area contributed by atoms with E-state index in [2.05, 4.69) is 51.7 Å². The minimum Gasteiger partial charge on any atom is -0.351 e. The van der Waals surface area contributed by atoms with Crippen LogP contribution in [0, 0.1) is 5.92 Å². The molecule has 1 aromatic carbocycles. The van der Waals surface area contributed by atoms with Crippen LogP contribution in [0.5, 0.6) is 0 Å². The van der Waals surface area contributed by atoms with Crippen molar-refractivity contribution in [2.24, 2.45) is 5.92 Å². The van der Waals surface area contributed by atoms with Gasteiger partial charge in [-0.1, -0.05) is 24.3 Å². The van der Waals surface area contributed by atoms with Gasteiger partial charge in [0.1, 0.15) is 0 Å². The first kappa shape index (κ1) is 17.4. The van der Waals surface area contributed by atoms with Crippen molar-refractivity contribution in [1.82, 2.24) is 20.4 Å². The number of hydrogen-bond donors (Lipinski definition) is 2. The van der Waals surface area contributed by atoms with E-state index < -0.39 is 0 Å². The third-order valence-electron chi connectivity index (χ3n) is 4.93. The fourth-order valence-corrected chi connectivity index (χ4v) is 3.00. The largest absolute Gasteiger partial charge is 0.351 e. The number of carbonyl (C=O) groups excluding carboxylic acids is 1. The molecule has 0 radical (unpaired) electrons. The third-order valence-corrected chi connectivity index (χ3v) is 4.93. The lowest BCUT2D eigenvalue weighted by atomic mass is 10.1. The maximum absolute atomic E-state index is 11.8. The Morgan fingerprint density at radius 1 is 1.08 bits per heavy atom. The lowest BCUT2D eigenvalue weighted by molar-refractivity contribution is -0.120. The van der Waals surface area contributed by atoms with Crippen LogP contribution in [0.25, 0.3) is 0 Å². The summed E-state index contributed by atoms with van der Waals surface area (Å²) >= 11 is 0. The van der Waals surface area contributed by atoms with Gasteiger partial charge in [0.25, 0.3) is 0 Å². The number of likely N-dealkylation sites (N-methyl/N-ethyl adjacent to an activating group) is 1. The average molecular weight is 330 g/mol. The van der Waals surface area contributed by atoms with Gasteiger partial charge in [0.2, 0.25) is 5.91 Å². The van der Waals surface area contributed by atoms with Gasteiger partial charge in [-0.15, -0.1) is 0 Å². The third kappa shape index (κ3) is 5.89. The molecule has 1 amide bonds. The zero-order chi connectivity index (χ0) is 16.8. The first-order valence-electron chi connectivity index (χ1n) is 9.15. The summed E-state index contributed by atoms with van der Waals surface area (Å²) in [4.78, 5) is 16.7. The van der Waals surface area contributed by atoms with Crippen LogP contribution < -0.4 is 10.6 Å². The second-order valence-corrected chi connectivity index (χ2v) is 7.25. The van der Waals surface area contributed by atoms with Crippen LogP contribution in [-0.2, 0) is 17.9 Å². The van der Waals surface area contributed by atoms with Gasteiger partial charge in [-0.2, -0.15) is 0 Å². The molecule has 0 bridgehead atoms. The lowest BCUT2D eigenvalue weighted by Crippen LogP contribution is -2.43. The monoisotopic (exact) mass is 330 g/mol. The van der Waals surface area contributed by atoms with Crippen molar-refractivity contribution in [3.8, 4) is 0 Å². The molecule has 0 aromatic heterocycles. The number of amides is 1. The van der Waals surface area contributed by atoms with E-state index in [0.717, 1.165) is 50.7 Å². The average Bonchev–Trinajstić information content (AvgIpc) is 3.41. The molecule has 1 saturated heterocycles. The van der Waals surface area contributed by atoms with Crippen LogP contribution >= 0.6 is 0 Å². The van der Waals surface area contributed by atoms with Crippen molar-refractivity contribution in [3.63, 3.8) is 0 Å².